The largest absolute Gasteiger partial charge is 0.495 e. The highest BCUT2D eigenvalue weighted by atomic mass is 32.1. The molecule has 0 saturated carbocycles. The van der Waals surface area contributed by atoms with Gasteiger partial charge in [0.2, 0.25) is 5.91 Å². The van der Waals surface area contributed by atoms with Gasteiger partial charge in [-0.2, -0.15) is 0 Å². The molecular formula is C10H12N2O5S. The molecule has 1 aromatic rings. The Morgan fingerprint density at radius 1 is 1.56 bits per heavy atom. The molecule has 1 atom stereocenters. The first-order valence-electron chi connectivity index (χ1n) is 4.89. The van der Waals surface area contributed by atoms with Gasteiger partial charge in [0.25, 0.3) is 5.91 Å². The molecular weight excluding hydrogens is 260 g/mol. The summed E-state index contributed by atoms with van der Waals surface area (Å²) >= 11 is 1.11. The number of aliphatic carboxylic acids is 1. The fourth-order valence-electron chi connectivity index (χ4n) is 1.25. The monoisotopic (exact) mass is 272 g/mol. The molecule has 1 heterocycles. The van der Waals surface area contributed by atoms with Crippen LogP contribution in [0.1, 0.15) is 16.1 Å². The Morgan fingerprint density at radius 3 is 2.72 bits per heavy atom. The third kappa shape index (κ3) is 3.45. The van der Waals surface area contributed by atoms with Crippen LogP contribution >= 0.6 is 11.3 Å². The quantitative estimate of drug-likeness (QED) is 0.663. The van der Waals surface area contributed by atoms with Crippen LogP contribution in [-0.2, 0) is 9.59 Å². The summed E-state index contributed by atoms with van der Waals surface area (Å²) in [5.74, 6) is -2.39. The average molecular weight is 272 g/mol. The number of hydrogen-bond donors (Lipinski definition) is 3. The number of ether oxygens (including phenoxy) is 1. The number of amides is 2. The molecule has 1 rings (SSSR count). The lowest BCUT2D eigenvalue weighted by molar-refractivity contribution is -0.140. The van der Waals surface area contributed by atoms with Crippen molar-refractivity contribution in [1.29, 1.82) is 0 Å². The molecule has 0 aliphatic carbocycles. The number of carbonyl (C=O) groups is 3. The minimum Gasteiger partial charge on any atom is -0.495 e. The van der Waals surface area contributed by atoms with Crippen molar-refractivity contribution in [2.24, 2.45) is 5.73 Å². The van der Waals surface area contributed by atoms with Crippen molar-refractivity contribution in [2.75, 3.05) is 7.11 Å². The first-order chi connectivity index (χ1) is 8.45. The van der Waals surface area contributed by atoms with Crippen LogP contribution in [0.15, 0.2) is 11.4 Å². The van der Waals surface area contributed by atoms with E-state index in [0.29, 0.717) is 5.75 Å². The Hall–Kier alpha value is -2.09. The van der Waals surface area contributed by atoms with E-state index in [4.69, 9.17) is 15.6 Å². The number of carbonyl (C=O) groups excluding carboxylic acids is 2. The van der Waals surface area contributed by atoms with Gasteiger partial charge in [-0.15, -0.1) is 11.3 Å². The van der Waals surface area contributed by atoms with Crippen LogP contribution in [0.3, 0.4) is 0 Å². The van der Waals surface area contributed by atoms with E-state index >= 15 is 0 Å². The van der Waals surface area contributed by atoms with Crippen molar-refractivity contribution in [1.82, 2.24) is 5.32 Å². The maximum absolute atomic E-state index is 11.8. The van der Waals surface area contributed by atoms with E-state index in [9.17, 15) is 14.4 Å². The number of nitrogens with one attached hydrogen (secondary N) is 1. The van der Waals surface area contributed by atoms with E-state index in [0.717, 1.165) is 11.3 Å². The van der Waals surface area contributed by atoms with Crippen LogP contribution in [0.5, 0.6) is 5.75 Å². The Labute approximate surface area is 107 Å². The molecule has 1 aromatic heterocycles. The number of thiophene rings is 1. The Bertz CT molecular complexity index is 471. The van der Waals surface area contributed by atoms with Crippen LogP contribution in [0.4, 0.5) is 0 Å². The van der Waals surface area contributed by atoms with Crippen LogP contribution < -0.4 is 15.8 Å². The third-order valence-electron chi connectivity index (χ3n) is 2.06. The Morgan fingerprint density at radius 2 is 2.22 bits per heavy atom. The molecule has 0 aliphatic rings. The second kappa shape index (κ2) is 6.01. The lowest BCUT2D eigenvalue weighted by Gasteiger charge is -2.12. The Kier molecular flexibility index (Phi) is 4.67. The number of carboxylic acids is 1. The summed E-state index contributed by atoms with van der Waals surface area (Å²) in [4.78, 5) is 33.6. The van der Waals surface area contributed by atoms with E-state index in [2.05, 4.69) is 5.32 Å². The zero-order valence-electron chi connectivity index (χ0n) is 9.50. The first-order valence-corrected chi connectivity index (χ1v) is 5.77. The standard InChI is InChI=1S/C10H12N2O5S/c1-17-6-2-3-18-8(6)9(14)12-5(10(15)16)4-7(11)13/h2-3,5H,4H2,1H3,(H2,11,13)(H,12,14)(H,15,16)/t5-/m0/s1. The molecule has 0 aliphatic heterocycles. The van der Waals surface area contributed by atoms with Gasteiger partial charge in [0, 0.05) is 0 Å². The van der Waals surface area contributed by atoms with Crippen LogP contribution in [-0.4, -0.2) is 36.0 Å². The normalized spacial score (nSPS) is 11.6. The average Bonchev–Trinajstić information content (AvgIpc) is 2.75. The van der Waals surface area contributed by atoms with Crippen LogP contribution in [0.25, 0.3) is 0 Å². The van der Waals surface area contributed by atoms with Gasteiger partial charge in [-0.1, -0.05) is 0 Å². The third-order valence-corrected chi connectivity index (χ3v) is 2.96. The maximum atomic E-state index is 11.8. The lowest BCUT2D eigenvalue weighted by Crippen LogP contribution is -2.43. The number of hydrogen-bond acceptors (Lipinski definition) is 5. The summed E-state index contributed by atoms with van der Waals surface area (Å²) in [6.45, 7) is 0. The summed E-state index contributed by atoms with van der Waals surface area (Å²) in [6, 6.07) is 0.241. The molecule has 4 N–H and O–H groups in total. The van der Waals surface area contributed by atoms with E-state index in [1.807, 2.05) is 0 Å². The summed E-state index contributed by atoms with van der Waals surface area (Å²) in [6.07, 6.45) is -0.464. The molecule has 0 saturated heterocycles. The highest BCUT2D eigenvalue weighted by Gasteiger charge is 2.24. The minimum absolute atomic E-state index is 0.244. The SMILES string of the molecule is COc1ccsc1C(=O)N[C@@H](CC(N)=O)C(=O)O. The number of nitrogens with two attached hydrogens (primary N) is 1. The van der Waals surface area contributed by atoms with Crippen LogP contribution in [0, 0.1) is 0 Å². The first kappa shape index (κ1) is 14.0. The fourth-order valence-corrected chi connectivity index (χ4v) is 2.01. The van der Waals surface area contributed by atoms with Gasteiger partial charge in [-0.3, -0.25) is 9.59 Å². The summed E-state index contributed by atoms with van der Waals surface area (Å²) in [5.41, 5.74) is 4.91. The van der Waals surface area contributed by atoms with Gasteiger partial charge in [0.1, 0.15) is 16.7 Å². The number of methoxy groups -OCH3 is 1. The topological polar surface area (TPSA) is 119 Å². The minimum atomic E-state index is -1.35. The van der Waals surface area contributed by atoms with Crippen molar-refractivity contribution < 1.29 is 24.2 Å². The molecule has 0 radical (unpaired) electrons. The molecule has 0 fully saturated rings. The van der Waals surface area contributed by atoms with Crippen molar-refractivity contribution in [2.45, 2.75) is 12.5 Å². The van der Waals surface area contributed by atoms with Gasteiger partial charge >= 0.3 is 5.97 Å². The lowest BCUT2D eigenvalue weighted by atomic mass is 10.2. The number of rotatable bonds is 6. The Balaban J connectivity index is 2.78. The van der Waals surface area contributed by atoms with E-state index in [1.54, 1.807) is 11.4 Å². The number of carboxylic acid groups (broad SMARTS) is 1. The van der Waals surface area contributed by atoms with Crippen molar-refractivity contribution in [3.63, 3.8) is 0 Å². The maximum Gasteiger partial charge on any atom is 0.326 e. The van der Waals surface area contributed by atoms with E-state index in [-0.39, 0.29) is 4.88 Å². The molecule has 2 amide bonds. The molecule has 0 bridgehead atoms. The van der Waals surface area contributed by atoms with E-state index in [1.165, 1.54) is 7.11 Å². The highest BCUT2D eigenvalue weighted by molar-refractivity contribution is 7.12. The molecule has 0 aromatic carbocycles. The number of primary amides is 1. The van der Waals surface area contributed by atoms with Gasteiger partial charge in [0.05, 0.1) is 13.5 Å². The van der Waals surface area contributed by atoms with E-state index < -0.39 is 30.2 Å². The van der Waals surface area contributed by atoms with Gasteiger partial charge in [0.15, 0.2) is 0 Å². The predicted molar refractivity (Wildman–Crippen MR) is 63.6 cm³/mol. The van der Waals surface area contributed by atoms with Gasteiger partial charge in [-0.25, -0.2) is 4.79 Å². The highest BCUT2D eigenvalue weighted by Crippen LogP contribution is 2.24. The summed E-state index contributed by atoms with van der Waals surface area (Å²) in [7, 11) is 1.40. The van der Waals surface area contributed by atoms with Gasteiger partial charge in [-0.05, 0) is 11.4 Å². The fraction of sp³-hybridized carbons (Fsp3) is 0.300. The van der Waals surface area contributed by atoms with Crippen molar-refractivity contribution >= 4 is 29.1 Å². The molecule has 0 unspecified atom stereocenters. The van der Waals surface area contributed by atoms with Crippen molar-refractivity contribution in [3.8, 4) is 5.75 Å². The molecule has 98 valence electrons. The predicted octanol–water partition coefficient (Wildman–Crippen LogP) is -0.185. The van der Waals surface area contributed by atoms with Gasteiger partial charge < -0.3 is 20.9 Å². The second-order valence-corrected chi connectivity index (χ2v) is 4.27. The zero-order valence-corrected chi connectivity index (χ0v) is 10.3. The summed E-state index contributed by atoms with van der Waals surface area (Å²) < 4.78 is 4.94. The second-order valence-electron chi connectivity index (χ2n) is 3.35. The molecule has 7 nitrogen and oxygen atoms in total. The molecule has 8 heteroatoms. The summed E-state index contributed by atoms with van der Waals surface area (Å²) in [5, 5.41) is 12.7. The molecule has 0 spiro atoms. The molecule has 18 heavy (non-hydrogen) atoms. The van der Waals surface area contributed by atoms with Crippen LogP contribution in [0.2, 0.25) is 0 Å². The smallest absolute Gasteiger partial charge is 0.326 e. The van der Waals surface area contributed by atoms with Crippen molar-refractivity contribution in [3.05, 3.63) is 16.3 Å². The zero-order chi connectivity index (χ0) is 13.7.